The number of amides is 1. The summed E-state index contributed by atoms with van der Waals surface area (Å²) in [4.78, 5) is 27.4. The van der Waals surface area contributed by atoms with Crippen molar-refractivity contribution in [3.05, 3.63) is 58.2 Å². The molecular formula is C19H21FN2O2. The van der Waals surface area contributed by atoms with Crippen LogP contribution in [0.4, 0.5) is 4.39 Å². The molecule has 1 saturated carbocycles. The number of halogens is 1. The lowest BCUT2D eigenvalue weighted by Crippen LogP contribution is -2.27. The van der Waals surface area contributed by atoms with Crippen molar-refractivity contribution >= 4 is 11.7 Å². The Kier molecular flexibility index (Phi) is 4.26. The highest BCUT2D eigenvalue weighted by atomic mass is 19.1. The quantitative estimate of drug-likeness (QED) is 0.825. The predicted octanol–water partition coefficient (Wildman–Crippen LogP) is 3.51. The van der Waals surface area contributed by atoms with Gasteiger partial charge in [-0.2, -0.15) is 0 Å². The zero-order valence-corrected chi connectivity index (χ0v) is 14.1. The number of ketones is 1. The van der Waals surface area contributed by atoms with Crippen molar-refractivity contribution in [2.24, 2.45) is 0 Å². The van der Waals surface area contributed by atoms with E-state index in [4.69, 9.17) is 0 Å². The summed E-state index contributed by atoms with van der Waals surface area (Å²) in [5.41, 5.74) is 3.47. The maximum atomic E-state index is 13.3. The summed E-state index contributed by atoms with van der Waals surface area (Å²) in [6, 6.07) is 6.50. The van der Waals surface area contributed by atoms with Gasteiger partial charge in [-0.1, -0.05) is 19.1 Å². The molecule has 0 radical (unpaired) electrons. The third kappa shape index (κ3) is 2.98. The minimum atomic E-state index is -0.260. The van der Waals surface area contributed by atoms with E-state index in [1.807, 2.05) is 13.0 Å². The Morgan fingerprint density at radius 1 is 1.38 bits per heavy atom. The molecule has 2 N–H and O–H groups in total. The lowest BCUT2D eigenvalue weighted by molar-refractivity contribution is 0.0944. The molecule has 5 heteroatoms. The van der Waals surface area contributed by atoms with Crippen LogP contribution in [0.15, 0.2) is 24.3 Å². The van der Waals surface area contributed by atoms with Crippen LogP contribution in [0.2, 0.25) is 0 Å². The number of H-pyrrole nitrogens is 1. The fraction of sp³-hybridized carbons (Fsp3) is 0.368. The molecule has 0 bridgehead atoms. The van der Waals surface area contributed by atoms with Gasteiger partial charge in [0.1, 0.15) is 11.5 Å². The van der Waals surface area contributed by atoms with E-state index in [1.165, 1.54) is 19.1 Å². The average Bonchev–Trinajstić information content (AvgIpc) is 3.20. The van der Waals surface area contributed by atoms with E-state index in [2.05, 4.69) is 10.3 Å². The first-order valence-corrected chi connectivity index (χ1v) is 8.21. The van der Waals surface area contributed by atoms with Gasteiger partial charge >= 0.3 is 0 Å². The highest BCUT2D eigenvalue weighted by molar-refractivity contribution is 6.02. The van der Waals surface area contributed by atoms with Gasteiger partial charge in [-0.05, 0) is 49.9 Å². The summed E-state index contributed by atoms with van der Waals surface area (Å²) >= 11 is 0. The number of rotatable bonds is 5. The number of hydrogen-bond acceptors (Lipinski definition) is 2. The van der Waals surface area contributed by atoms with Gasteiger partial charge in [0.05, 0.1) is 0 Å². The fourth-order valence-electron chi connectivity index (χ4n) is 3.40. The molecule has 24 heavy (non-hydrogen) atoms. The maximum absolute atomic E-state index is 13.3. The first-order valence-electron chi connectivity index (χ1n) is 8.21. The second kappa shape index (κ2) is 6.23. The number of nitrogens with one attached hydrogen (secondary N) is 2. The van der Waals surface area contributed by atoms with Crippen molar-refractivity contribution in [3.8, 4) is 0 Å². The van der Waals surface area contributed by atoms with Crippen molar-refractivity contribution in [1.82, 2.24) is 10.3 Å². The molecule has 2 atom stereocenters. The van der Waals surface area contributed by atoms with Crippen molar-refractivity contribution in [3.63, 3.8) is 0 Å². The number of hydrogen-bond donors (Lipinski definition) is 2. The molecule has 1 heterocycles. The number of Topliss-reactive ketones (excluding diaryl/α,β-unsaturated/α-hetero) is 1. The van der Waals surface area contributed by atoms with Crippen LogP contribution in [0.1, 0.15) is 63.9 Å². The molecule has 126 valence electrons. The fourth-order valence-corrected chi connectivity index (χ4v) is 3.40. The van der Waals surface area contributed by atoms with Crippen LogP contribution in [0.3, 0.4) is 0 Å². The Hall–Kier alpha value is -2.43. The monoisotopic (exact) mass is 328 g/mol. The van der Waals surface area contributed by atoms with E-state index in [1.54, 1.807) is 13.0 Å². The summed E-state index contributed by atoms with van der Waals surface area (Å²) in [7, 11) is 0. The van der Waals surface area contributed by atoms with Gasteiger partial charge < -0.3 is 10.3 Å². The van der Waals surface area contributed by atoms with Gasteiger partial charge in [-0.15, -0.1) is 0 Å². The molecule has 4 nitrogen and oxygen atoms in total. The van der Waals surface area contributed by atoms with E-state index >= 15 is 0 Å². The molecule has 1 aliphatic rings. The number of benzene rings is 1. The molecule has 0 spiro atoms. The molecular weight excluding hydrogens is 307 g/mol. The third-order valence-electron chi connectivity index (χ3n) is 4.61. The van der Waals surface area contributed by atoms with Crippen molar-refractivity contribution in [2.45, 2.75) is 45.6 Å². The third-order valence-corrected chi connectivity index (χ3v) is 4.61. The SMILES string of the molecule is CCc1c(C(=O)N[C@@H]2C[C@H]2c2cccc(F)c2)[nH]c(C)c1C(C)=O. The Bertz CT molecular complexity index is 810. The molecule has 0 aliphatic heterocycles. The van der Waals surface area contributed by atoms with E-state index in [0.29, 0.717) is 17.7 Å². The molecule has 0 saturated heterocycles. The highest BCUT2D eigenvalue weighted by Gasteiger charge is 2.40. The first-order chi connectivity index (χ1) is 11.4. The second-order valence-corrected chi connectivity index (χ2v) is 6.37. The lowest BCUT2D eigenvalue weighted by atomic mass is 10.0. The zero-order valence-electron chi connectivity index (χ0n) is 14.1. The van der Waals surface area contributed by atoms with Crippen molar-refractivity contribution < 1.29 is 14.0 Å². The maximum Gasteiger partial charge on any atom is 0.268 e. The topological polar surface area (TPSA) is 62.0 Å². The van der Waals surface area contributed by atoms with E-state index < -0.39 is 0 Å². The van der Waals surface area contributed by atoms with Gasteiger partial charge in [0.15, 0.2) is 5.78 Å². The van der Waals surface area contributed by atoms with E-state index in [-0.39, 0.29) is 29.5 Å². The minimum Gasteiger partial charge on any atom is -0.354 e. The van der Waals surface area contributed by atoms with E-state index in [0.717, 1.165) is 23.2 Å². The largest absolute Gasteiger partial charge is 0.354 e. The highest BCUT2D eigenvalue weighted by Crippen LogP contribution is 2.41. The Labute approximate surface area is 140 Å². The van der Waals surface area contributed by atoms with Crippen LogP contribution >= 0.6 is 0 Å². The number of carbonyl (C=O) groups excluding carboxylic acids is 2. The Balaban J connectivity index is 1.75. The van der Waals surface area contributed by atoms with Crippen molar-refractivity contribution in [2.75, 3.05) is 0 Å². The standard InChI is InChI=1S/C19H21FN2O2/c1-4-14-17(11(3)23)10(2)21-18(14)19(24)22-16-9-15(16)12-6-5-7-13(20)8-12/h5-8,15-16,21H,4,9H2,1-3H3,(H,22,24)/t15-,16+/m0/s1. The van der Waals surface area contributed by atoms with Gasteiger partial charge in [-0.25, -0.2) is 4.39 Å². The number of carbonyl (C=O) groups is 2. The summed E-state index contributed by atoms with van der Waals surface area (Å²) in [5.74, 6) is -0.350. The Morgan fingerprint density at radius 2 is 2.12 bits per heavy atom. The molecule has 1 aromatic heterocycles. The van der Waals surface area contributed by atoms with Crippen LogP contribution in [-0.2, 0) is 6.42 Å². The van der Waals surface area contributed by atoms with Gasteiger partial charge in [0.25, 0.3) is 5.91 Å². The Morgan fingerprint density at radius 3 is 2.75 bits per heavy atom. The summed E-state index contributed by atoms with van der Waals surface area (Å²) in [5, 5.41) is 2.99. The molecule has 1 aromatic carbocycles. The van der Waals surface area contributed by atoms with Gasteiger partial charge in [0, 0.05) is 23.2 Å². The average molecular weight is 328 g/mol. The van der Waals surface area contributed by atoms with Crippen molar-refractivity contribution in [1.29, 1.82) is 0 Å². The summed E-state index contributed by atoms with van der Waals surface area (Å²) in [6.45, 7) is 5.25. The van der Waals surface area contributed by atoms with Crippen LogP contribution in [0.25, 0.3) is 0 Å². The molecule has 2 aromatic rings. The molecule has 1 amide bonds. The van der Waals surface area contributed by atoms with Gasteiger partial charge in [0.2, 0.25) is 0 Å². The van der Waals surface area contributed by atoms with E-state index in [9.17, 15) is 14.0 Å². The second-order valence-electron chi connectivity index (χ2n) is 6.37. The first kappa shape index (κ1) is 16.4. The predicted molar refractivity (Wildman–Crippen MR) is 89.9 cm³/mol. The number of aromatic amines is 1. The smallest absolute Gasteiger partial charge is 0.268 e. The van der Waals surface area contributed by atoms with Gasteiger partial charge in [-0.3, -0.25) is 9.59 Å². The van der Waals surface area contributed by atoms with Crippen LogP contribution in [0, 0.1) is 12.7 Å². The summed E-state index contributed by atoms with van der Waals surface area (Å²) in [6.07, 6.45) is 1.41. The molecule has 3 rings (SSSR count). The van der Waals surface area contributed by atoms with Crippen LogP contribution < -0.4 is 5.32 Å². The number of aryl methyl sites for hydroxylation is 1. The number of aromatic nitrogens is 1. The molecule has 1 aliphatic carbocycles. The lowest BCUT2D eigenvalue weighted by Gasteiger charge is -2.06. The molecule has 1 fully saturated rings. The molecule has 0 unspecified atom stereocenters. The minimum absolute atomic E-state index is 0.00777. The normalized spacial score (nSPS) is 19.2. The zero-order chi connectivity index (χ0) is 17.4. The van der Waals surface area contributed by atoms with Crippen LogP contribution in [0.5, 0.6) is 0 Å². The van der Waals surface area contributed by atoms with Crippen LogP contribution in [-0.4, -0.2) is 22.7 Å². The summed E-state index contributed by atoms with van der Waals surface area (Å²) < 4.78 is 13.3.